The summed E-state index contributed by atoms with van der Waals surface area (Å²) in [5.41, 5.74) is 3.04. The predicted octanol–water partition coefficient (Wildman–Crippen LogP) is 14.0. The van der Waals surface area contributed by atoms with Crippen LogP contribution in [0.1, 0.15) is 146 Å². The van der Waals surface area contributed by atoms with Crippen LogP contribution in [-0.4, -0.2) is 40.1 Å². The average molecular weight is 743 g/mol. The van der Waals surface area contributed by atoms with E-state index in [0.29, 0.717) is 0 Å². The molecule has 1 aliphatic rings. The van der Waals surface area contributed by atoms with Crippen LogP contribution >= 0.6 is 11.3 Å². The molecule has 0 amide bonds. The van der Waals surface area contributed by atoms with Crippen molar-refractivity contribution in [3.8, 4) is 0 Å². The first kappa shape index (κ1) is 66.3. The largest absolute Gasteiger partial charge is 0.262 e. The molecule has 5 aromatic heterocycles. The van der Waals surface area contributed by atoms with E-state index >= 15 is 0 Å². The van der Waals surface area contributed by atoms with Gasteiger partial charge in [-0.2, -0.15) is 10.2 Å². The lowest BCUT2D eigenvalue weighted by atomic mass is 10.4. The lowest BCUT2D eigenvalue weighted by molar-refractivity contribution is 0.980. The fourth-order valence-electron chi connectivity index (χ4n) is 2.02. The molecule has 9 heteroatoms. The molecule has 0 aromatic carbocycles. The standard InChI is InChI=1S/C6H7N.3C5H6N2.C4H5NS.C4H8.6C2H6.2CH4/c1-6-4-2-3-5-7-6;1-5-2-3-6-4-7-5;1-5-6-3-2-4-7-5;1-5-3-2-4-6-7-5;1-4-5-2-3-6-4;1-4-2-3-4;6*1-2;;/h2-5H,1H3;3*2-4H,1H3;2-3H,1H3;4H,2-3H2,1H3;6*1-2H3;2*1H4. The van der Waals surface area contributed by atoms with Gasteiger partial charge in [0.25, 0.3) is 0 Å². The first-order valence-corrected chi connectivity index (χ1v) is 19.2. The fourth-order valence-corrected chi connectivity index (χ4v) is 2.46. The van der Waals surface area contributed by atoms with E-state index in [1.54, 1.807) is 54.6 Å². The van der Waals surface area contributed by atoms with Crippen LogP contribution in [-0.2, 0) is 0 Å². The van der Waals surface area contributed by atoms with Gasteiger partial charge >= 0.3 is 0 Å². The summed E-state index contributed by atoms with van der Waals surface area (Å²) < 4.78 is 0. The lowest BCUT2D eigenvalue weighted by Gasteiger charge is -1.82. The first-order valence-electron chi connectivity index (χ1n) is 18.3. The van der Waals surface area contributed by atoms with Crippen LogP contribution in [0.2, 0.25) is 0 Å². The zero-order chi connectivity index (χ0) is 39.8. The summed E-state index contributed by atoms with van der Waals surface area (Å²) in [5.74, 6) is 1.91. The third-order valence-corrected chi connectivity index (χ3v) is 5.07. The SMILES string of the molecule is C.C.CC.CC.CC.CC.CC.CC.CC1CC1.Cc1ccccn1.Cc1cccnn1.Cc1ccncn1.Cc1ncccn1.Cc1nccs1. The smallest absolute Gasteiger partial charge is 0.125 e. The maximum Gasteiger partial charge on any atom is 0.125 e. The highest BCUT2D eigenvalue weighted by Crippen LogP contribution is 2.26. The van der Waals surface area contributed by atoms with Crippen molar-refractivity contribution in [3.63, 3.8) is 0 Å². The highest BCUT2D eigenvalue weighted by atomic mass is 32.1. The Balaban J connectivity index is -0.0000000701. The monoisotopic (exact) mass is 743 g/mol. The summed E-state index contributed by atoms with van der Waals surface area (Å²) in [4.78, 5) is 23.3. The van der Waals surface area contributed by atoms with Crippen LogP contribution in [0, 0.1) is 40.5 Å². The summed E-state index contributed by atoms with van der Waals surface area (Å²) in [6.07, 6.45) is 14.9. The number of aryl methyl sites for hydroxylation is 5. The summed E-state index contributed by atoms with van der Waals surface area (Å²) in [7, 11) is 0. The molecule has 1 saturated carbocycles. The minimum absolute atomic E-state index is 0. The number of hydrogen-bond donors (Lipinski definition) is 0. The molecule has 1 aliphatic carbocycles. The molecule has 5 aromatic rings. The Bertz CT molecular complexity index is 1010. The minimum atomic E-state index is 0. The molecule has 0 atom stereocenters. The van der Waals surface area contributed by atoms with Crippen molar-refractivity contribution < 1.29 is 0 Å². The molecular formula is C43H82N8S. The number of nitrogens with zero attached hydrogens (tertiary/aromatic N) is 8. The molecule has 1 fully saturated rings. The van der Waals surface area contributed by atoms with Crippen LogP contribution in [0.5, 0.6) is 0 Å². The van der Waals surface area contributed by atoms with Crippen molar-refractivity contribution in [2.75, 3.05) is 0 Å². The van der Waals surface area contributed by atoms with Gasteiger partial charge in [-0.25, -0.2) is 19.9 Å². The van der Waals surface area contributed by atoms with Crippen molar-refractivity contribution in [2.24, 2.45) is 5.92 Å². The summed E-state index contributed by atoms with van der Waals surface area (Å²) in [5, 5.41) is 10.5. The molecule has 0 N–H and O–H groups in total. The lowest BCUT2D eigenvalue weighted by Crippen LogP contribution is -1.80. The van der Waals surface area contributed by atoms with Crippen molar-refractivity contribution in [2.45, 2.75) is 152 Å². The second-order valence-electron chi connectivity index (χ2n) is 8.22. The Hall–Kier alpha value is -3.98. The maximum atomic E-state index is 3.98. The van der Waals surface area contributed by atoms with Crippen molar-refractivity contribution in [3.05, 3.63) is 119 Å². The minimum Gasteiger partial charge on any atom is -0.262 e. The van der Waals surface area contributed by atoms with Crippen molar-refractivity contribution >= 4 is 11.3 Å². The van der Waals surface area contributed by atoms with Crippen LogP contribution < -0.4 is 0 Å². The van der Waals surface area contributed by atoms with Gasteiger partial charge in [-0.1, -0.05) is 124 Å². The second kappa shape index (κ2) is 62.2. The molecule has 8 nitrogen and oxygen atoms in total. The zero-order valence-corrected chi connectivity index (χ0v) is 36.0. The molecule has 0 aliphatic heterocycles. The van der Waals surface area contributed by atoms with Gasteiger partial charge < -0.3 is 0 Å². The highest BCUT2D eigenvalue weighted by Gasteiger charge is 2.12. The topological polar surface area (TPSA) is 103 Å². The van der Waals surface area contributed by atoms with Gasteiger partial charge in [-0.15, -0.1) is 11.3 Å². The van der Waals surface area contributed by atoms with Crippen LogP contribution in [0.3, 0.4) is 0 Å². The predicted molar refractivity (Wildman–Crippen MR) is 236 cm³/mol. The fraction of sp³-hybridized carbons (Fsp3) is 0.535. The number of rotatable bonds is 0. The van der Waals surface area contributed by atoms with E-state index in [-0.39, 0.29) is 14.9 Å². The molecule has 0 saturated heterocycles. The Morgan fingerprint density at radius 3 is 1.15 bits per heavy atom. The molecular weight excluding hydrogens is 661 g/mol. The normalized spacial score (nSPS) is 8.42. The quantitative estimate of drug-likeness (QED) is 0.154. The molecule has 0 unspecified atom stereocenters. The van der Waals surface area contributed by atoms with Gasteiger partial charge in [0.2, 0.25) is 0 Å². The molecule has 0 radical (unpaired) electrons. The Morgan fingerprint density at radius 2 is 0.981 bits per heavy atom. The zero-order valence-electron chi connectivity index (χ0n) is 35.1. The highest BCUT2D eigenvalue weighted by molar-refractivity contribution is 7.09. The molecule has 0 bridgehead atoms. The summed E-state index contributed by atoms with van der Waals surface area (Å²) in [6, 6.07) is 13.3. The van der Waals surface area contributed by atoms with E-state index < -0.39 is 0 Å². The Labute approximate surface area is 327 Å². The first-order chi connectivity index (χ1) is 24.4. The van der Waals surface area contributed by atoms with E-state index in [2.05, 4.69) is 47.0 Å². The van der Waals surface area contributed by atoms with Gasteiger partial charge in [0.1, 0.15) is 12.2 Å². The number of pyridine rings is 1. The maximum absolute atomic E-state index is 3.98. The van der Waals surface area contributed by atoms with Crippen molar-refractivity contribution in [1.82, 2.24) is 40.1 Å². The van der Waals surface area contributed by atoms with Crippen molar-refractivity contribution in [1.29, 1.82) is 0 Å². The van der Waals surface area contributed by atoms with E-state index in [9.17, 15) is 0 Å². The summed E-state index contributed by atoms with van der Waals surface area (Å²) in [6.45, 7) is 35.9. The third kappa shape index (κ3) is 64.5. The Morgan fingerprint density at radius 1 is 0.500 bits per heavy atom. The average Bonchev–Trinajstić information content (AvgIpc) is 3.83. The van der Waals surface area contributed by atoms with Gasteiger partial charge in [0, 0.05) is 53.9 Å². The van der Waals surface area contributed by atoms with Crippen LogP contribution in [0.15, 0.2) is 91.4 Å². The Kier molecular flexibility index (Phi) is 79.3. The number of hydrogen-bond acceptors (Lipinski definition) is 9. The van der Waals surface area contributed by atoms with Gasteiger partial charge in [-0.3, -0.25) is 9.97 Å². The van der Waals surface area contributed by atoms with E-state index in [4.69, 9.17) is 0 Å². The molecule has 6 rings (SSSR count). The van der Waals surface area contributed by atoms with Gasteiger partial charge in [0.15, 0.2) is 0 Å². The molecule has 0 spiro atoms. The van der Waals surface area contributed by atoms with E-state index in [1.165, 1.54) is 19.2 Å². The molecule has 300 valence electrons. The van der Waals surface area contributed by atoms with Gasteiger partial charge in [0.05, 0.1) is 10.7 Å². The van der Waals surface area contributed by atoms with Crippen LogP contribution in [0.25, 0.3) is 0 Å². The summed E-state index contributed by atoms with van der Waals surface area (Å²) >= 11 is 1.67. The molecule has 52 heavy (non-hydrogen) atoms. The number of thiazole rings is 1. The number of aromatic nitrogens is 8. The van der Waals surface area contributed by atoms with Crippen LogP contribution in [0.4, 0.5) is 0 Å². The molecule has 5 heterocycles. The third-order valence-electron chi connectivity index (χ3n) is 4.36. The van der Waals surface area contributed by atoms with Gasteiger partial charge in [-0.05, 0) is 76.9 Å². The van der Waals surface area contributed by atoms with E-state index in [0.717, 1.165) is 33.8 Å². The van der Waals surface area contributed by atoms with E-state index in [1.807, 2.05) is 159 Å². The second-order valence-corrected chi connectivity index (χ2v) is 9.32.